The van der Waals surface area contributed by atoms with Crippen LogP contribution < -0.4 is 9.80 Å². The number of nitrogens with zero attached hydrogens (tertiary/aromatic N) is 4. The maximum absolute atomic E-state index is 4.99. The van der Waals surface area contributed by atoms with Gasteiger partial charge in [0.05, 0.1) is 0 Å². The highest BCUT2D eigenvalue weighted by atomic mass is 15.4. The van der Waals surface area contributed by atoms with Gasteiger partial charge >= 0.3 is 0 Å². The molecule has 0 fully saturated rings. The third-order valence-electron chi connectivity index (χ3n) is 6.04. The van der Waals surface area contributed by atoms with Crippen molar-refractivity contribution in [2.24, 2.45) is 0 Å². The predicted molar refractivity (Wildman–Crippen MR) is 145 cm³/mol. The van der Waals surface area contributed by atoms with Crippen LogP contribution in [0.5, 0.6) is 0 Å². The van der Waals surface area contributed by atoms with E-state index < -0.39 is 0 Å². The first-order valence-corrected chi connectivity index (χ1v) is 11.8. The average Bonchev–Trinajstić information content (AvgIpc) is 3.33. The van der Waals surface area contributed by atoms with Gasteiger partial charge in [-0.2, -0.15) is 4.98 Å². The number of aryl methyl sites for hydroxylation is 4. The van der Waals surface area contributed by atoms with Crippen LogP contribution in [0.3, 0.4) is 0 Å². The fourth-order valence-electron chi connectivity index (χ4n) is 3.99. The number of aromatic amines is 1. The van der Waals surface area contributed by atoms with Gasteiger partial charge in [-0.3, -0.25) is 9.80 Å². The number of rotatable bonds is 6. The molecule has 5 heteroatoms. The van der Waals surface area contributed by atoms with Crippen molar-refractivity contribution in [3.8, 4) is 0 Å². The monoisotopic (exact) mass is 459 g/mol. The standard InChI is InChI=1S/C30H29N5/c1-21-5-13-25(14-6-21)34(26-15-7-22(2)8-16-26)29-31-30(33-32-29)35(27-17-9-23(3)10-18-27)28-19-11-24(4)12-20-28/h5-20H,1-4H3,(H,31,32,33). The molecule has 1 heterocycles. The van der Waals surface area contributed by atoms with Crippen molar-refractivity contribution in [2.75, 3.05) is 9.80 Å². The van der Waals surface area contributed by atoms with E-state index in [0.717, 1.165) is 22.7 Å². The molecule has 1 N–H and O–H groups in total. The van der Waals surface area contributed by atoms with Crippen LogP contribution >= 0.6 is 0 Å². The lowest BCUT2D eigenvalue weighted by atomic mass is 10.1. The Morgan fingerprint density at radius 1 is 0.457 bits per heavy atom. The molecular formula is C30H29N5. The summed E-state index contributed by atoms with van der Waals surface area (Å²) in [6.07, 6.45) is 0. The van der Waals surface area contributed by atoms with Crippen LogP contribution in [0.4, 0.5) is 34.6 Å². The summed E-state index contributed by atoms with van der Waals surface area (Å²) in [6.45, 7) is 8.36. The summed E-state index contributed by atoms with van der Waals surface area (Å²) in [6, 6.07) is 33.7. The van der Waals surface area contributed by atoms with Gasteiger partial charge in [-0.15, -0.1) is 5.10 Å². The van der Waals surface area contributed by atoms with E-state index in [9.17, 15) is 0 Å². The maximum Gasteiger partial charge on any atom is 0.255 e. The second kappa shape index (κ2) is 9.47. The summed E-state index contributed by atoms with van der Waals surface area (Å²) in [5.41, 5.74) is 8.86. The summed E-state index contributed by atoms with van der Waals surface area (Å²) < 4.78 is 0. The fourth-order valence-corrected chi connectivity index (χ4v) is 3.99. The third kappa shape index (κ3) is 4.80. The smallest absolute Gasteiger partial charge is 0.255 e. The minimum atomic E-state index is 0.580. The first-order valence-electron chi connectivity index (χ1n) is 11.8. The Labute approximate surface area is 206 Å². The zero-order valence-corrected chi connectivity index (χ0v) is 20.5. The highest BCUT2D eigenvalue weighted by molar-refractivity contribution is 5.76. The van der Waals surface area contributed by atoms with Crippen molar-refractivity contribution in [1.29, 1.82) is 0 Å². The van der Waals surface area contributed by atoms with Crippen LogP contribution in [0.25, 0.3) is 0 Å². The van der Waals surface area contributed by atoms with E-state index in [4.69, 9.17) is 4.98 Å². The summed E-state index contributed by atoms with van der Waals surface area (Å²) in [4.78, 5) is 9.16. The normalized spacial score (nSPS) is 10.9. The van der Waals surface area contributed by atoms with Crippen molar-refractivity contribution in [3.05, 3.63) is 119 Å². The first kappa shape index (κ1) is 22.4. The van der Waals surface area contributed by atoms with Gasteiger partial charge in [0.15, 0.2) is 0 Å². The molecule has 0 unspecified atom stereocenters. The molecule has 0 saturated carbocycles. The van der Waals surface area contributed by atoms with Crippen LogP contribution in [-0.4, -0.2) is 15.2 Å². The Morgan fingerprint density at radius 2 is 0.771 bits per heavy atom. The molecule has 0 aliphatic rings. The lowest BCUT2D eigenvalue weighted by molar-refractivity contribution is 1.04. The minimum absolute atomic E-state index is 0.580. The van der Waals surface area contributed by atoms with Gasteiger partial charge in [0.1, 0.15) is 0 Å². The molecule has 0 amide bonds. The van der Waals surface area contributed by atoms with E-state index >= 15 is 0 Å². The van der Waals surface area contributed by atoms with Gasteiger partial charge in [0, 0.05) is 22.7 Å². The third-order valence-corrected chi connectivity index (χ3v) is 6.04. The van der Waals surface area contributed by atoms with Gasteiger partial charge in [0.25, 0.3) is 5.95 Å². The molecule has 5 aromatic rings. The highest BCUT2D eigenvalue weighted by Gasteiger charge is 2.21. The van der Waals surface area contributed by atoms with Gasteiger partial charge in [-0.1, -0.05) is 70.8 Å². The molecule has 5 nitrogen and oxygen atoms in total. The maximum atomic E-state index is 4.99. The summed E-state index contributed by atoms with van der Waals surface area (Å²) in [5, 5.41) is 7.87. The Bertz CT molecular complexity index is 1200. The lowest BCUT2D eigenvalue weighted by Gasteiger charge is -2.23. The van der Waals surface area contributed by atoms with E-state index in [1.807, 2.05) is 0 Å². The molecule has 1 aromatic heterocycles. The summed E-state index contributed by atoms with van der Waals surface area (Å²) in [5.74, 6) is 1.23. The number of hydrogen-bond acceptors (Lipinski definition) is 4. The number of H-pyrrole nitrogens is 1. The quantitative estimate of drug-likeness (QED) is 0.280. The number of nitrogens with one attached hydrogen (secondary N) is 1. The number of aromatic nitrogens is 3. The average molecular weight is 460 g/mol. The Hall–Kier alpha value is -4.38. The Morgan fingerprint density at radius 3 is 1.11 bits per heavy atom. The van der Waals surface area contributed by atoms with Crippen LogP contribution in [0, 0.1) is 27.7 Å². The van der Waals surface area contributed by atoms with Crippen LogP contribution in [-0.2, 0) is 0 Å². The Balaban J connectivity index is 1.61. The molecule has 0 saturated heterocycles. The molecule has 174 valence electrons. The van der Waals surface area contributed by atoms with Gasteiger partial charge in [0.2, 0.25) is 5.95 Å². The van der Waals surface area contributed by atoms with E-state index in [1.165, 1.54) is 22.3 Å². The zero-order chi connectivity index (χ0) is 24.4. The molecule has 0 spiro atoms. The molecule has 5 rings (SSSR count). The topological polar surface area (TPSA) is 48.1 Å². The molecular weight excluding hydrogens is 430 g/mol. The van der Waals surface area contributed by atoms with E-state index in [-0.39, 0.29) is 0 Å². The van der Waals surface area contributed by atoms with Crippen molar-refractivity contribution < 1.29 is 0 Å². The molecule has 4 aromatic carbocycles. The van der Waals surface area contributed by atoms with Crippen LogP contribution in [0.1, 0.15) is 22.3 Å². The van der Waals surface area contributed by atoms with Gasteiger partial charge < -0.3 is 0 Å². The number of anilines is 6. The molecule has 0 radical (unpaired) electrons. The lowest BCUT2D eigenvalue weighted by Crippen LogP contribution is -2.13. The van der Waals surface area contributed by atoms with Crippen LogP contribution in [0.2, 0.25) is 0 Å². The van der Waals surface area contributed by atoms with Crippen molar-refractivity contribution in [3.63, 3.8) is 0 Å². The van der Waals surface area contributed by atoms with Gasteiger partial charge in [-0.05, 0) is 76.2 Å². The van der Waals surface area contributed by atoms with Crippen molar-refractivity contribution >= 4 is 34.6 Å². The number of benzene rings is 4. The SMILES string of the molecule is Cc1ccc(N(c2ccc(C)cc2)c2n[nH]c(N(c3ccc(C)cc3)c3ccc(C)cc3)n2)cc1. The Kier molecular flexibility index (Phi) is 6.06. The fraction of sp³-hybridized carbons (Fsp3) is 0.133. The van der Waals surface area contributed by atoms with Gasteiger partial charge in [-0.25, -0.2) is 5.10 Å². The molecule has 0 bridgehead atoms. The molecule has 0 aliphatic heterocycles. The second-order valence-electron chi connectivity index (χ2n) is 8.97. The number of hydrogen-bond donors (Lipinski definition) is 1. The summed E-state index contributed by atoms with van der Waals surface area (Å²) in [7, 11) is 0. The largest absolute Gasteiger partial charge is 0.280 e. The molecule has 0 aliphatic carbocycles. The summed E-state index contributed by atoms with van der Waals surface area (Å²) >= 11 is 0. The van der Waals surface area contributed by atoms with Crippen molar-refractivity contribution in [2.45, 2.75) is 27.7 Å². The first-order chi connectivity index (χ1) is 17.0. The van der Waals surface area contributed by atoms with Crippen molar-refractivity contribution in [1.82, 2.24) is 15.2 Å². The zero-order valence-electron chi connectivity index (χ0n) is 20.5. The minimum Gasteiger partial charge on any atom is -0.280 e. The highest BCUT2D eigenvalue weighted by Crippen LogP contribution is 2.36. The molecule has 0 atom stereocenters. The second-order valence-corrected chi connectivity index (χ2v) is 8.97. The van der Waals surface area contributed by atoms with Crippen LogP contribution in [0.15, 0.2) is 97.1 Å². The van der Waals surface area contributed by atoms with E-state index in [2.05, 4.69) is 145 Å². The van der Waals surface area contributed by atoms with E-state index in [0.29, 0.717) is 11.9 Å². The predicted octanol–water partition coefficient (Wildman–Crippen LogP) is 7.98. The molecule has 35 heavy (non-hydrogen) atoms. The van der Waals surface area contributed by atoms with E-state index in [1.54, 1.807) is 0 Å².